The van der Waals surface area contributed by atoms with E-state index >= 15 is 0 Å². The van der Waals surface area contributed by atoms with Gasteiger partial charge in [-0.05, 0) is 17.8 Å². The summed E-state index contributed by atoms with van der Waals surface area (Å²) in [5, 5.41) is 13.1. The van der Waals surface area contributed by atoms with Crippen molar-refractivity contribution in [1.82, 2.24) is 5.32 Å². The quantitative estimate of drug-likeness (QED) is 0.511. The van der Waals surface area contributed by atoms with Gasteiger partial charge in [-0.25, -0.2) is 0 Å². The highest BCUT2D eigenvalue weighted by atomic mass is 16.5. The molecule has 0 rings (SSSR count). The molecule has 0 aromatic carbocycles. The largest absolute Gasteiger partial charge is 0.389 e. The van der Waals surface area contributed by atoms with E-state index in [1.54, 1.807) is 0 Å². The lowest BCUT2D eigenvalue weighted by Crippen LogP contribution is -2.38. The molecule has 0 amide bonds. The lowest BCUT2D eigenvalue weighted by atomic mass is 9.81. The molecule has 4 nitrogen and oxygen atoms in total. The number of aliphatic hydroxyl groups excluding tert-OH is 1. The SMILES string of the molecule is CCCCOCCOCC(O)CNCC(C)(C)C(C)C. The number of ether oxygens (including phenoxy) is 2. The first kappa shape index (κ1) is 19.8. The fourth-order valence-corrected chi connectivity index (χ4v) is 1.51. The molecule has 0 spiro atoms. The molecule has 0 aliphatic rings. The van der Waals surface area contributed by atoms with Crippen molar-refractivity contribution in [2.24, 2.45) is 11.3 Å². The predicted molar refractivity (Wildman–Crippen MR) is 84.0 cm³/mol. The van der Waals surface area contributed by atoms with Crippen LogP contribution in [0.15, 0.2) is 0 Å². The molecule has 1 unspecified atom stereocenters. The van der Waals surface area contributed by atoms with Crippen LogP contribution in [0.25, 0.3) is 0 Å². The maximum atomic E-state index is 9.80. The number of nitrogens with one attached hydrogen (secondary N) is 1. The molecule has 0 saturated carbocycles. The Balaban J connectivity index is 3.44. The summed E-state index contributed by atoms with van der Waals surface area (Å²) in [6, 6.07) is 0. The Morgan fingerprint density at radius 2 is 1.75 bits per heavy atom. The van der Waals surface area contributed by atoms with Gasteiger partial charge in [0.1, 0.15) is 0 Å². The smallest absolute Gasteiger partial charge is 0.0897 e. The molecule has 0 bridgehead atoms. The number of hydrogen-bond donors (Lipinski definition) is 2. The summed E-state index contributed by atoms with van der Waals surface area (Å²) in [6.45, 7) is 14.9. The molecule has 20 heavy (non-hydrogen) atoms. The van der Waals surface area contributed by atoms with Crippen LogP contribution in [0.4, 0.5) is 0 Å². The second-order valence-electron chi connectivity index (χ2n) is 6.47. The Kier molecular flexibility index (Phi) is 11.4. The third kappa shape index (κ3) is 10.6. The van der Waals surface area contributed by atoms with E-state index in [0.717, 1.165) is 26.0 Å². The summed E-state index contributed by atoms with van der Waals surface area (Å²) in [7, 11) is 0. The van der Waals surface area contributed by atoms with Gasteiger partial charge in [0.05, 0.1) is 25.9 Å². The van der Waals surface area contributed by atoms with E-state index in [0.29, 0.717) is 32.3 Å². The van der Waals surface area contributed by atoms with Gasteiger partial charge < -0.3 is 19.9 Å². The van der Waals surface area contributed by atoms with Gasteiger partial charge in [-0.1, -0.05) is 41.0 Å². The van der Waals surface area contributed by atoms with Crippen LogP contribution in [0.5, 0.6) is 0 Å². The van der Waals surface area contributed by atoms with Crippen LogP contribution in [-0.2, 0) is 9.47 Å². The van der Waals surface area contributed by atoms with Crippen LogP contribution in [0.2, 0.25) is 0 Å². The summed E-state index contributed by atoms with van der Waals surface area (Å²) in [6.07, 6.45) is 1.80. The molecular formula is C16H35NO3. The molecule has 0 fully saturated rings. The van der Waals surface area contributed by atoms with E-state index in [1.165, 1.54) is 0 Å². The second kappa shape index (κ2) is 11.5. The normalized spacial score (nSPS) is 13.9. The highest BCUT2D eigenvalue weighted by Gasteiger charge is 2.21. The van der Waals surface area contributed by atoms with Gasteiger partial charge in [0.15, 0.2) is 0 Å². The first-order valence-electron chi connectivity index (χ1n) is 7.94. The molecule has 4 heteroatoms. The molecule has 0 radical (unpaired) electrons. The average molecular weight is 289 g/mol. The Morgan fingerprint density at radius 1 is 1.10 bits per heavy atom. The first-order valence-corrected chi connectivity index (χ1v) is 7.94. The summed E-state index contributed by atoms with van der Waals surface area (Å²) >= 11 is 0. The van der Waals surface area contributed by atoms with E-state index in [9.17, 15) is 5.11 Å². The van der Waals surface area contributed by atoms with E-state index in [-0.39, 0.29) is 5.41 Å². The minimum atomic E-state index is -0.450. The van der Waals surface area contributed by atoms with Gasteiger partial charge in [-0.2, -0.15) is 0 Å². The maximum absolute atomic E-state index is 9.80. The van der Waals surface area contributed by atoms with E-state index in [1.807, 2.05) is 0 Å². The van der Waals surface area contributed by atoms with Crippen LogP contribution in [0, 0.1) is 11.3 Å². The van der Waals surface area contributed by atoms with Crippen molar-refractivity contribution in [2.75, 3.05) is 39.5 Å². The predicted octanol–water partition coefficient (Wildman–Crippen LogP) is 2.45. The zero-order valence-corrected chi connectivity index (χ0v) is 14.1. The summed E-state index contributed by atoms with van der Waals surface area (Å²) < 4.78 is 10.8. The Morgan fingerprint density at radius 3 is 2.35 bits per heavy atom. The van der Waals surface area contributed by atoms with Crippen molar-refractivity contribution in [3.05, 3.63) is 0 Å². The number of aliphatic hydroxyl groups is 1. The molecule has 0 heterocycles. The minimum absolute atomic E-state index is 0.244. The third-order valence-electron chi connectivity index (χ3n) is 3.85. The maximum Gasteiger partial charge on any atom is 0.0897 e. The van der Waals surface area contributed by atoms with Crippen molar-refractivity contribution >= 4 is 0 Å². The summed E-state index contributed by atoms with van der Waals surface area (Å²) in [5.41, 5.74) is 0.244. The van der Waals surface area contributed by atoms with Gasteiger partial charge in [0.25, 0.3) is 0 Å². The van der Waals surface area contributed by atoms with E-state index in [4.69, 9.17) is 9.47 Å². The molecule has 0 saturated heterocycles. The van der Waals surface area contributed by atoms with Crippen LogP contribution in [0.3, 0.4) is 0 Å². The molecular weight excluding hydrogens is 254 g/mol. The highest BCUT2D eigenvalue weighted by molar-refractivity contribution is 4.75. The topological polar surface area (TPSA) is 50.7 Å². The molecule has 0 aliphatic heterocycles. The molecule has 0 aromatic heterocycles. The van der Waals surface area contributed by atoms with Crippen LogP contribution >= 0.6 is 0 Å². The van der Waals surface area contributed by atoms with Gasteiger partial charge in [0, 0.05) is 19.7 Å². The summed E-state index contributed by atoms with van der Waals surface area (Å²) in [4.78, 5) is 0. The molecule has 2 N–H and O–H groups in total. The molecule has 122 valence electrons. The van der Waals surface area contributed by atoms with Gasteiger partial charge >= 0.3 is 0 Å². The summed E-state index contributed by atoms with van der Waals surface area (Å²) in [5.74, 6) is 0.615. The van der Waals surface area contributed by atoms with Crippen molar-refractivity contribution in [2.45, 2.75) is 53.6 Å². The zero-order chi connectivity index (χ0) is 15.4. The monoisotopic (exact) mass is 289 g/mol. The van der Waals surface area contributed by atoms with Gasteiger partial charge in [-0.3, -0.25) is 0 Å². The van der Waals surface area contributed by atoms with Crippen molar-refractivity contribution in [1.29, 1.82) is 0 Å². The number of rotatable bonds is 13. The highest BCUT2D eigenvalue weighted by Crippen LogP contribution is 2.24. The molecule has 1 atom stereocenters. The minimum Gasteiger partial charge on any atom is -0.389 e. The fraction of sp³-hybridized carbons (Fsp3) is 1.00. The Hall–Kier alpha value is -0.160. The average Bonchev–Trinajstić information content (AvgIpc) is 2.37. The van der Waals surface area contributed by atoms with Crippen LogP contribution in [0.1, 0.15) is 47.5 Å². The third-order valence-corrected chi connectivity index (χ3v) is 3.85. The second-order valence-corrected chi connectivity index (χ2v) is 6.47. The van der Waals surface area contributed by atoms with E-state index < -0.39 is 6.10 Å². The first-order chi connectivity index (χ1) is 9.40. The fourth-order valence-electron chi connectivity index (χ4n) is 1.51. The van der Waals surface area contributed by atoms with Gasteiger partial charge in [-0.15, -0.1) is 0 Å². The zero-order valence-electron chi connectivity index (χ0n) is 14.1. The number of unbranched alkanes of at least 4 members (excludes halogenated alkanes) is 1. The van der Waals surface area contributed by atoms with Crippen molar-refractivity contribution < 1.29 is 14.6 Å². The van der Waals surface area contributed by atoms with Gasteiger partial charge in [0.2, 0.25) is 0 Å². The number of hydrogen-bond acceptors (Lipinski definition) is 4. The van der Waals surface area contributed by atoms with E-state index in [2.05, 4.69) is 39.9 Å². The Bertz CT molecular complexity index is 220. The Labute approximate surface area is 125 Å². The van der Waals surface area contributed by atoms with Crippen LogP contribution in [-0.4, -0.2) is 50.7 Å². The molecule has 0 aromatic rings. The van der Waals surface area contributed by atoms with Crippen molar-refractivity contribution in [3.63, 3.8) is 0 Å². The standard InChI is InChI=1S/C16H35NO3/c1-6-7-8-19-9-10-20-12-15(18)11-17-13-16(4,5)14(2)3/h14-15,17-18H,6-13H2,1-5H3. The molecule has 0 aliphatic carbocycles. The van der Waals surface area contributed by atoms with Crippen molar-refractivity contribution in [3.8, 4) is 0 Å². The lowest BCUT2D eigenvalue weighted by Gasteiger charge is -2.30. The lowest BCUT2D eigenvalue weighted by molar-refractivity contribution is 0.00313. The van der Waals surface area contributed by atoms with Crippen LogP contribution < -0.4 is 5.32 Å².